The number of aliphatic hydroxyl groups is 1. The molecule has 2 unspecified atom stereocenters. The number of benzene rings is 1. The highest BCUT2D eigenvalue weighted by Crippen LogP contribution is 2.60. The monoisotopic (exact) mass is 539 g/mol. The highest BCUT2D eigenvalue weighted by atomic mass is 16.3. The Hall–Kier alpha value is -3.20. The fraction of sp³-hybridized carbons (Fsp3) is 0.625. The normalized spacial score (nSPS) is 32.3. The van der Waals surface area contributed by atoms with Crippen LogP contribution >= 0.6 is 0 Å². The number of nitrogens with one attached hydrogen (secondary N) is 3. The standard InChI is InChI=1S/C32H41N7O/c33-14-24-3-1-2-4-25(24)17-36-31-37-18-28(15-34)30(39-31)38-20-32-11-23-9-26(12-32)29(27(10-23)13-32)35-16-21-5-7-22(19-40)8-6-21/h1-4,18,21-23,26-27,29,35,40H,5-13,16-17,19-20H2,(H2,36,37,38,39)/t21-,22-,23?,26-,27+,29+,32?. The largest absolute Gasteiger partial charge is 0.396 e. The van der Waals surface area contributed by atoms with E-state index in [-0.39, 0.29) is 5.41 Å². The molecule has 5 atom stereocenters. The first-order valence-electron chi connectivity index (χ1n) is 15.1. The van der Waals surface area contributed by atoms with Crippen molar-refractivity contribution >= 4 is 11.8 Å². The third-order valence-corrected chi connectivity index (χ3v) is 10.4. The fourth-order valence-corrected chi connectivity index (χ4v) is 8.58. The maximum Gasteiger partial charge on any atom is 0.224 e. The number of nitriles is 2. The fourth-order valence-electron chi connectivity index (χ4n) is 8.58. The second kappa shape index (κ2) is 11.7. The average molecular weight is 540 g/mol. The molecule has 8 heteroatoms. The van der Waals surface area contributed by atoms with Gasteiger partial charge >= 0.3 is 0 Å². The van der Waals surface area contributed by atoms with Crippen molar-refractivity contribution in [1.82, 2.24) is 15.3 Å². The van der Waals surface area contributed by atoms with E-state index < -0.39 is 0 Å². The Morgan fingerprint density at radius 3 is 2.38 bits per heavy atom. The lowest BCUT2D eigenvalue weighted by molar-refractivity contribution is -0.0703. The number of aliphatic hydroxyl groups excluding tert-OH is 1. The van der Waals surface area contributed by atoms with E-state index in [2.05, 4.69) is 38.1 Å². The van der Waals surface area contributed by atoms with Crippen LogP contribution in [0.25, 0.3) is 0 Å². The van der Waals surface area contributed by atoms with E-state index in [1.807, 2.05) is 18.2 Å². The van der Waals surface area contributed by atoms with Crippen LogP contribution in [0.1, 0.15) is 74.5 Å². The first-order chi connectivity index (χ1) is 19.6. The SMILES string of the molecule is N#Cc1ccccc1CNc1ncc(C#N)c(NCC23CC4C[C@H](C2)[C@H](NC[C@H]2CC[C@H](CO)CC2)[C@@H](C4)C3)n1. The summed E-state index contributed by atoms with van der Waals surface area (Å²) in [5.41, 5.74) is 2.25. The van der Waals surface area contributed by atoms with E-state index in [9.17, 15) is 15.6 Å². The van der Waals surface area contributed by atoms with Gasteiger partial charge < -0.3 is 21.1 Å². The van der Waals surface area contributed by atoms with Crippen LogP contribution < -0.4 is 16.0 Å². The summed E-state index contributed by atoms with van der Waals surface area (Å²) >= 11 is 0. The minimum absolute atomic E-state index is 0.269. The van der Waals surface area contributed by atoms with E-state index >= 15 is 0 Å². The maximum atomic E-state index is 9.73. The molecule has 8 nitrogen and oxygen atoms in total. The molecule has 2 aromatic rings. The second-order valence-corrected chi connectivity index (χ2v) is 13.0. The zero-order valence-electron chi connectivity index (χ0n) is 23.3. The van der Waals surface area contributed by atoms with Gasteiger partial charge in [-0.25, -0.2) is 4.98 Å². The van der Waals surface area contributed by atoms with Crippen molar-refractivity contribution in [3.8, 4) is 12.1 Å². The predicted octanol–water partition coefficient (Wildman–Crippen LogP) is 4.83. The first kappa shape index (κ1) is 27.0. The van der Waals surface area contributed by atoms with Gasteiger partial charge in [0.1, 0.15) is 17.5 Å². The minimum Gasteiger partial charge on any atom is -0.396 e. The average Bonchev–Trinajstić information content (AvgIpc) is 2.99. The van der Waals surface area contributed by atoms with Gasteiger partial charge in [0.15, 0.2) is 0 Å². The summed E-state index contributed by atoms with van der Waals surface area (Å²) in [6.07, 6.45) is 12.9. The van der Waals surface area contributed by atoms with Crippen LogP contribution in [0.2, 0.25) is 0 Å². The molecule has 0 radical (unpaired) electrons. The zero-order valence-corrected chi connectivity index (χ0v) is 23.3. The van der Waals surface area contributed by atoms with E-state index in [0.717, 1.165) is 42.3 Å². The maximum absolute atomic E-state index is 9.73. The summed E-state index contributed by atoms with van der Waals surface area (Å²) in [5.74, 6) is 4.62. The molecule has 5 aliphatic rings. The molecule has 0 saturated heterocycles. The highest BCUT2D eigenvalue weighted by molar-refractivity contribution is 5.54. The third kappa shape index (κ3) is 5.66. The van der Waals surface area contributed by atoms with Crippen molar-refractivity contribution in [2.24, 2.45) is 35.0 Å². The molecule has 40 heavy (non-hydrogen) atoms. The lowest BCUT2D eigenvalue weighted by Gasteiger charge is -2.60. The van der Waals surface area contributed by atoms with Crippen LogP contribution in [0.3, 0.4) is 0 Å². The Balaban J connectivity index is 1.07. The first-order valence-corrected chi connectivity index (χ1v) is 15.1. The molecule has 1 heterocycles. The van der Waals surface area contributed by atoms with Gasteiger partial charge in [0.2, 0.25) is 5.95 Å². The van der Waals surface area contributed by atoms with Crippen LogP contribution in [0.15, 0.2) is 30.5 Å². The van der Waals surface area contributed by atoms with Crippen molar-refractivity contribution in [2.45, 2.75) is 70.4 Å². The summed E-state index contributed by atoms with van der Waals surface area (Å²) in [7, 11) is 0. The number of anilines is 2. The molecule has 0 aliphatic heterocycles. The number of nitrogens with zero attached hydrogens (tertiary/aromatic N) is 4. The summed E-state index contributed by atoms with van der Waals surface area (Å²) in [5, 5.41) is 39.4. The van der Waals surface area contributed by atoms with Crippen LogP contribution in [0.4, 0.5) is 11.8 Å². The lowest BCUT2D eigenvalue weighted by Crippen LogP contribution is -2.60. The Bertz CT molecular complexity index is 1260. The Labute approximate surface area is 237 Å². The van der Waals surface area contributed by atoms with Gasteiger partial charge in [0.25, 0.3) is 0 Å². The van der Waals surface area contributed by atoms with Crippen LogP contribution in [0, 0.1) is 57.7 Å². The van der Waals surface area contributed by atoms with Gasteiger partial charge in [0.05, 0.1) is 17.8 Å². The predicted molar refractivity (Wildman–Crippen MR) is 154 cm³/mol. The van der Waals surface area contributed by atoms with Gasteiger partial charge in [-0.05, 0) is 111 Å². The van der Waals surface area contributed by atoms with E-state index in [4.69, 9.17) is 0 Å². The molecular formula is C32H41N7O. The molecule has 1 aromatic carbocycles. The molecule has 210 valence electrons. The van der Waals surface area contributed by atoms with Crippen molar-refractivity contribution in [3.05, 3.63) is 47.2 Å². The second-order valence-electron chi connectivity index (χ2n) is 13.0. The number of rotatable bonds is 10. The molecule has 1 aromatic heterocycles. The van der Waals surface area contributed by atoms with E-state index in [0.29, 0.717) is 48.0 Å². The number of hydrogen-bond acceptors (Lipinski definition) is 8. The molecule has 0 amide bonds. The molecule has 5 fully saturated rings. The van der Waals surface area contributed by atoms with E-state index in [1.165, 1.54) is 57.8 Å². The number of hydrogen-bond donors (Lipinski definition) is 4. The van der Waals surface area contributed by atoms with Crippen molar-refractivity contribution in [3.63, 3.8) is 0 Å². The zero-order chi connectivity index (χ0) is 27.5. The topological polar surface area (TPSA) is 130 Å². The van der Waals surface area contributed by atoms with Crippen molar-refractivity contribution in [1.29, 1.82) is 10.5 Å². The molecule has 4 N–H and O–H groups in total. The van der Waals surface area contributed by atoms with Crippen molar-refractivity contribution < 1.29 is 5.11 Å². The van der Waals surface area contributed by atoms with E-state index in [1.54, 1.807) is 12.3 Å². The molecule has 4 bridgehead atoms. The van der Waals surface area contributed by atoms with Gasteiger partial charge in [-0.15, -0.1) is 0 Å². The van der Waals surface area contributed by atoms with Crippen LogP contribution in [-0.2, 0) is 6.54 Å². The Morgan fingerprint density at radius 1 is 0.925 bits per heavy atom. The lowest BCUT2D eigenvalue weighted by atomic mass is 9.48. The Morgan fingerprint density at radius 2 is 1.65 bits per heavy atom. The molecular weight excluding hydrogens is 498 g/mol. The number of aromatic nitrogens is 2. The highest BCUT2D eigenvalue weighted by Gasteiger charge is 2.55. The summed E-state index contributed by atoms with van der Waals surface area (Å²) in [4.78, 5) is 9.02. The van der Waals surface area contributed by atoms with Gasteiger partial charge in [0, 0.05) is 25.7 Å². The molecule has 0 spiro atoms. The van der Waals surface area contributed by atoms with Gasteiger partial charge in [-0.1, -0.05) is 18.2 Å². The van der Waals surface area contributed by atoms with Crippen LogP contribution in [-0.4, -0.2) is 40.8 Å². The van der Waals surface area contributed by atoms with Gasteiger partial charge in [-0.3, -0.25) is 0 Å². The third-order valence-electron chi connectivity index (χ3n) is 10.4. The Kier molecular flexibility index (Phi) is 7.91. The molecule has 5 saturated carbocycles. The quantitative estimate of drug-likeness (QED) is 0.338. The summed E-state index contributed by atoms with van der Waals surface area (Å²) in [6.45, 7) is 2.77. The van der Waals surface area contributed by atoms with Gasteiger partial charge in [-0.2, -0.15) is 15.5 Å². The molecule has 5 aliphatic carbocycles. The summed E-state index contributed by atoms with van der Waals surface area (Å²) < 4.78 is 0. The van der Waals surface area contributed by atoms with Crippen LogP contribution in [0.5, 0.6) is 0 Å². The van der Waals surface area contributed by atoms with Crippen molar-refractivity contribution in [2.75, 3.05) is 30.3 Å². The minimum atomic E-state index is 0.269. The molecule has 7 rings (SSSR count). The summed E-state index contributed by atoms with van der Waals surface area (Å²) in [6, 6.07) is 12.6. The smallest absolute Gasteiger partial charge is 0.224 e.